The Morgan fingerprint density at radius 2 is 2.10 bits per heavy atom. The van der Waals surface area contributed by atoms with E-state index in [9.17, 15) is 0 Å². The molecule has 0 atom stereocenters. The van der Waals surface area contributed by atoms with Crippen LogP contribution in [0.2, 0.25) is 5.15 Å². The van der Waals surface area contributed by atoms with E-state index in [1.807, 2.05) is 25.2 Å². The normalized spacial score (nSPS) is 14.3. The molecule has 1 aromatic heterocycles. The van der Waals surface area contributed by atoms with E-state index in [2.05, 4.69) is 22.4 Å². The lowest BCUT2D eigenvalue weighted by molar-refractivity contribution is 0.0653. The minimum Gasteiger partial charge on any atom is -0.471 e. The maximum atomic E-state index is 6.20. The summed E-state index contributed by atoms with van der Waals surface area (Å²) >= 11 is 7.84. The van der Waals surface area contributed by atoms with E-state index in [0.29, 0.717) is 29.8 Å². The lowest BCUT2D eigenvalue weighted by Crippen LogP contribution is -2.17. The van der Waals surface area contributed by atoms with E-state index in [1.165, 1.54) is 5.56 Å². The van der Waals surface area contributed by atoms with Gasteiger partial charge in [-0.3, -0.25) is 4.68 Å². The third kappa shape index (κ3) is 3.16. The molecule has 2 aromatic rings. The van der Waals surface area contributed by atoms with Gasteiger partial charge >= 0.3 is 0 Å². The summed E-state index contributed by atoms with van der Waals surface area (Å²) < 4.78 is 7.27. The molecule has 1 aliphatic rings. The zero-order chi connectivity index (χ0) is 14.7. The van der Waals surface area contributed by atoms with Crippen LogP contribution in [-0.2, 0) is 22.4 Å². The number of hydrogen-bond acceptors (Lipinski definition) is 5. The highest BCUT2D eigenvalue weighted by Crippen LogP contribution is 2.31. The van der Waals surface area contributed by atoms with Gasteiger partial charge in [-0.15, -0.1) is 11.8 Å². The first kappa shape index (κ1) is 14.3. The first-order valence-electron chi connectivity index (χ1n) is 6.48. The highest BCUT2D eigenvalue weighted by molar-refractivity contribution is 7.98. The zero-order valence-corrected chi connectivity index (χ0v) is 13.0. The van der Waals surface area contributed by atoms with Crippen LogP contribution in [0.5, 0.6) is 0 Å². The largest absolute Gasteiger partial charge is 0.471 e. The lowest BCUT2D eigenvalue weighted by atomic mass is 10.2. The highest BCUT2D eigenvalue weighted by atomic mass is 35.5. The molecule has 0 bridgehead atoms. The number of aryl methyl sites for hydroxylation is 1. The Morgan fingerprint density at radius 1 is 1.29 bits per heavy atom. The summed E-state index contributed by atoms with van der Waals surface area (Å²) in [4.78, 5) is 5.08. The van der Waals surface area contributed by atoms with E-state index in [-0.39, 0.29) is 0 Å². The van der Waals surface area contributed by atoms with E-state index in [0.717, 1.165) is 10.8 Å². The van der Waals surface area contributed by atoms with Gasteiger partial charge in [0.1, 0.15) is 17.2 Å². The topological polar surface area (TPSA) is 48.6 Å². The molecule has 0 fully saturated rings. The molecule has 7 heteroatoms. The minimum absolute atomic E-state index is 0.373. The third-order valence-corrected chi connectivity index (χ3v) is 4.43. The van der Waals surface area contributed by atoms with Crippen molar-refractivity contribution < 1.29 is 9.57 Å². The van der Waals surface area contributed by atoms with Crippen LogP contribution in [0, 0.1) is 0 Å². The van der Waals surface area contributed by atoms with Gasteiger partial charge in [-0.05, 0) is 10.7 Å². The monoisotopic (exact) mass is 323 g/mol. The van der Waals surface area contributed by atoms with Crippen molar-refractivity contribution in [2.45, 2.75) is 10.8 Å². The van der Waals surface area contributed by atoms with Crippen LogP contribution in [0.3, 0.4) is 0 Å². The predicted octanol–water partition coefficient (Wildman–Crippen LogP) is 3.07. The average molecular weight is 324 g/mol. The molecule has 0 unspecified atom stereocenters. The summed E-state index contributed by atoms with van der Waals surface area (Å²) in [6, 6.07) is 10.2. The van der Waals surface area contributed by atoms with Gasteiger partial charge in [0.25, 0.3) is 5.90 Å². The van der Waals surface area contributed by atoms with Crippen LogP contribution < -0.4 is 0 Å². The summed E-state index contributed by atoms with van der Waals surface area (Å²) in [5.41, 5.74) is 1.92. The number of oxime groups is 1. The van der Waals surface area contributed by atoms with Gasteiger partial charge in [0.05, 0.1) is 0 Å². The van der Waals surface area contributed by atoms with Crippen molar-refractivity contribution in [1.82, 2.24) is 9.78 Å². The Bertz CT molecular complexity index is 658. The molecule has 0 saturated heterocycles. The molecule has 0 amide bonds. The first-order chi connectivity index (χ1) is 10.3. The Hall–Kier alpha value is -1.66. The Labute approximate surface area is 131 Å². The molecule has 0 N–H and O–H groups in total. The molecule has 0 spiro atoms. The third-order valence-electron chi connectivity index (χ3n) is 2.94. The van der Waals surface area contributed by atoms with E-state index < -0.39 is 0 Å². The zero-order valence-electron chi connectivity index (χ0n) is 11.5. The fourth-order valence-corrected chi connectivity index (χ4v) is 3.36. The van der Waals surface area contributed by atoms with Crippen LogP contribution in [0.15, 0.2) is 40.5 Å². The molecule has 5 nitrogen and oxygen atoms in total. The Kier molecular flexibility index (Phi) is 4.36. The molecule has 0 aliphatic carbocycles. The summed E-state index contributed by atoms with van der Waals surface area (Å²) in [6.45, 7) is 0.917. The van der Waals surface area contributed by atoms with Gasteiger partial charge in [0.15, 0.2) is 11.8 Å². The Morgan fingerprint density at radius 3 is 2.81 bits per heavy atom. The van der Waals surface area contributed by atoms with Crippen molar-refractivity contribution in [3.8, 4) is 0 Å². The molecule has 3 rings (SSSR count). The smallest absolute Gasteiger partial charge is 0.263 e. The summed E-state index contributed by atoms with van der Waals surface area (Å²) in [6.07, 6.45) is 0. The number of rotatable bonds is 4. The van der Waals surface area contributed by atoms with Crippen molar-refractivity contribution >= 4 is 29.3 Å². The maximum absolute atomic E-state index is 6.20. The summed E-state index contributed by atoms with van der Waals surface area (Å²) in [5, 5.41) is 9.46. The molecule has 1 aromatic carbocycles. The van der Waals surface area contributed by atoms with Crippen molar-refractivity contribution in [2.75, 3.05) is 13.2 Å². The van der Waals surface area contributed by atoms with Gasteiger partial charge in [-0.1, -0.05) is 41.9 Å². The number of benzene rings is 1. The van der Waals surface area contributed by atoms with Gasteiger partial charge in [0, 0.05) is 12.8 Å². The van der Waals surface area contributed by atoms with E-state index >= 15 is 0 Å². The van der Waals surface area contributed by atoms with Gasteiger partial charge in [-0.2, -0.15) is 5.10 Å². The first-order valence-corrected chi connectivity index (χ1v) is 7.84. The molecule has 21 heavy (non-hydrogen) atoms. The van der Waals surface area contributed by atoms with E-state index in [1.54, 1.807) is 16.4 Å². The number of ether oxygens (including phenoxy) is 1. The fraction of sp³-hybridized carbons (Fsp3) is 0.286. The van der Waals surface area contributed by atoms with Crippen LogP contribution in [0.1, 0.15) is 11.1 Å². The number of thioether (sulfide) groups is 1. The molecular formula is C14H14ClN3O2S. The fourth-order valence-electron chi connectivity index (χ4n) is 1.97. The average Bonchev–Trinajstić information content (AvgIpc) is 2.81. The van der Waals surface area contributed by atoms with Gasteiger partial charge < -0.3 is 9.57 Å². The standard InChI is InChI=1S/C14H14ClN3O2S/c1-18-14(21-9-10-5-3-2-4-6-10)11(12(15)16-18)13-17-20-8-7-19-13/h2-6H,7-9H2,1H3. The number of hydrogen-bond donors (Lipinski definition) is 0. The van der Waals surface area contributed by atoms with Crippen LogP contribution >= 0.6 is 23.4 Å². The molecule has 0 saturated carbocycles. The van der Waals surface area contributed by atoms with Gasteiger partial charge in [0.2, 0.25) is 0 Å². The molecular weight excluding hydrogens is 310 g/mol. The minimum atomic E-state index is 0.373. The Balaban J connectivity index is 1.86. The van der Waals surface area contributed by atoms with E-state index in [4.69, 9.17) is 21.2 Å². The quantitative estimate of drug-likeness (QED) is 0.811. The molecule has 0 radical (unpaired) electrons. The predicted molar refractivity (Wildman–Crippen MR) is 82.7 cm³/mol. The van der Waals surface area contributed by atoms with Crippen LogP contribution in [0.4, 0.5) is 0 Å². The van der Waals surface area contributed by atoms with Crippen molar-refractivity contribution in [3.63, 3.8) is 0 Å². The van der Waals surface area contributed by atoms with Crippen molar-refractivity contribution in [3.05, 3.63) is 46.6 Å². The molecule has 2 heterocycles. The lowest BCUT2D eigenvalue weighted by Gasteiger charge is -2.14. The van der Waals surface area contributed by atoms with Crippen LogP contribution in [0.25, 0.3) is 0 Å². The summed E-state index contributed by atoms with van der Waals surface area (Å²) in [7, 11) is 1.85. The number of aromatic nitrogens is 2. The van der Waals surface area contributed by atoms with Gasteiger partial charge in [-0.25, -0.2) is 0 Å². The second-order valence-corrected chi connectivity index (χ2v) is 5.77. The second kappa shape index (κ2) is 6.41. The number of halogens is 1. The highest BCUT2D eigenvalue weighted by Gasteiger charge is 2.24. The maximum Gasteiger partial charge on any atom is 0.263 e. The second-order valence-electron chi connectivity index (χ2n) is 4.45. The van der Waals surface area contributed by atoms with Crippen molar-refractivity contribution in [2.24, 2.45) is 12.2 Å². The SMILES string of the molecule is Cn1nc(Cl)c(C2=NOCCO2)c1SCc1ccccc1. The number of nitrogens with zero attached hydrogens (tertiary/aromatic N) is 3. The van der Waals surface area contributed by atoms with Crippen molar-refractivity contribution in [1.29, 1.82) is 0 Å². The molecule has 1 aliphatic heterocycles. The van der Waals surface area contributed by atoms with Crippen LogP contribution in [-0.4, -0.2) is 28.9 Å². The molecule has 110 valence electrons. The summed E-state index contributed by atoms with van der Waals surface area (Å²) in [5.74, 6) is 1.22.